The highest BCUT2D eigenvalue weighted by Gasteiger charge is 2.24. The molecule has 130 valence electrons. The summed E-state index contributed by atoms with van der Waals surface area (Å²) in [4.78, 5) is 14.6. The van der Waals surface area contributed by atoms with E-state index in [-0.39, 0.29) is 11.9 Å². The van der Waals surface area contributed by atoms with Crippen molar-refractivity contribution < 1.29 is 4.79 Å². The lowest BCUT2D eigenvalue weighted by molar-refractivity contribution is -0.117. The molecule has 1 aliphatic rings. The molecule has 1 fully saturated rings. The predicted octanol–water partition coefficient (Wildman–Crippen LogP) is 2.31. The minimum absolute atomic E-state index is 0.0104. The van der Waals surface area contributed by atoms with Crippen molar-refractivity contribution in [1.29, 1.82) is 0 Å². The first-order chi connectivity index (χ1) is 11.5. The van der Waals surface area contributed by atoms with Gasteiger partial charge in [-0.15, -0.1) is 0 Å². The second-order valence-electron chi connectivity index (χ2n) is 6.85. The highest BCUT2D eigenvalue weighted by atomic mass is 16.2. The minimum Gasteiger partial charge on any atom is -0.310 e. The Morgan fingerprint density at radius 2 is 2.33 bits per heavy atom. The fourth-order valence-corrected chi connectivity index (χ4v) is 3.30. The molecule has 1 amide bonds. The molecule has 7 heteroatoms. The summed E-state index contributed by atoms with van der Waals surface area (Å²) < 4.78 is 1.82. The number of carbonyl (C=O) groups excluding carboxylic acids is 1. The van der Waals surface area contributed by atoms with Gasteiger partial charge in [0.2, 0.25) is 5.91 Å². The summed E-state index contributed by atoms with van der Waals surface area (Å²) in [5, 5.41) is 14.6. The van der Waals surface area contributed by atoms with Crippen molar-refractivity contribution in [3.8, 4) is 0 Å². The van der Waals surface area contributed by atoms with Gasteiger partial charge in [0.1, 0.15) is 5.82 Å². The molecule has 0 spiro atoms. The van der Waals surface area contributed by atoms with Crippen molar-refractivity contribution >= 4 is 11.7 Å². The van der Waals surface area contributed by atoms with E-state index in [1.807, 2.05) is 31.5 Å². The first-order valence-electron chi connectivity index (χ1n) is 8.60. The van der Waals surface area contributed by atoms with Gasteiger partial charge in [-0.05, 0) is 46.2 Å². The Balaban J connectivity index is 1.57. The van der Waals surface area contributed by atoms with Crippen molar-refractivity contribution in [2.24, 2.45) is 0 Å². The van der Waals surface area contributed by atoms with E-state index in [0.717, 1.165) is 43.1 Å². The van der Waals surface area contributed by atoms with Gasteiger partial charge in [-0.1, -0.05) is 0 Å². The smallest absolute Gasteiger partial charge is 0.239 e. The molecule has 0 bridgehead atoms. The molecule has 24 heavy (non-hydrogen) atoms. The van der Waals surface area contributed by atoms with E-state index in [4.69, 9.17) is 0 Å². The molecular weight excluding hydrogens is 304 g/mol. The van der Waals surface area contributed by atoms with Crippen LogP contribution in [0.3, 0.4) is 0 Å². The van der Waals surface area contributed by atoms with Gasteiger partial charge in [-0.25, -0.2) is 4.68 Å². The number of nitrogens with one attached hydrogen (secondary N) is 2. The van der Waals surface area contributed by atoms with E-state index in [0.29, 0.717) is 12.5 Å². The number of carbonyl (C=O) groups is 1. The van der Waals surface area contributed by atoms with Crippen molar-refractivity contribution in [3.63, 3.8) is 0 Å². The summed E-state index contributed by atoms with van der Waals surface area (Å²) in [6, 6.07) is 4.16. The Hall–Kier alpha value is -2.15. The molecule has 1 saturated heterocycles. The van der Waals surface area contributed by atoms with Gasteiger partial charge in [0, 0.05) is 30.3 Å². The number of hydrogen-bond acceptors (Lipinski definition) is 4. The number of H-pyrrole nitrogens is 1. The van der Waals surface area contributed by atoms with Crippen molar-refractivity contribution in [2.45, 2.75) is 45.6 Å². The van der Waals surface area contributed by atoms with Crippen LogP contribution in [0.5, 0.6) is 0 Å². The van der Waals surface area contributed by atoms with Crippen LogP contribution in [0, 0.1) is 6.92 Å². The van der Waals surface area contributed by atoms with Gasteiger partial charge in [0.05, 0.1) is 18.4 Å². The number of aromatic nitrogens is 4. The van der Waals surface area contributed by atoms with E-state index < -0.39 is 0 Å². The highest BCUT2D eigenvalue weighted by molar-refractivity contribution is 5.91. The third-order valence-electron chi connectivity index (χ3n) is 4.44. The fourth-order valence-electron chi connectivity index (χ4n) is 3.30. The van der Waals surface area contributed by atoms with Crippen LogP contribution in [-0.4, -0.2) is 50.4 Å². The maximum Gasteiger partial charge on any atom is 0.239 e. The average Bonchev–Trinajstić information content (AvgIpc) is 3.16. The molecule has 7 nitrogen and oxygen atoms in total. The van der Waals surface area contributed by atoms with Crippen molar-refractivity contribution in [2.75, 3.05) is 25.0 Å². The number of rotatable bonds is 5. The van der Waals surface area contributed by atoms with Crippen LogP contribution in [0.4, 0.5) is 5.82 Å². The van der Waals surface area contributed by atoms with Crippen LogP contribution in [0.1, 0.15) is 50.0 Å². The maximum atomic E-state index is 12.4. The standard InChI is InChI=1S/C17H26N6O/c1-12(2)23-16(6-7-18-23)19-17(24)11-22-8-4-5-14(10-22)15-9-13(3)20-21-15/h6-7,9,12,14H,4-5,8,10-11H2,1-3H3,(H,19,24)(H,20,21)/t14-/m0/s1. The summed E-state index contributed by atoms with van der Waals surface area (Å²) in [6.07, 6.45) is 3.93. The number of aromatic amines is 1. The summed E-state index contributed by atoms with van der Waals surface area (Å²) >= 11 is 0. The Labute approximate surface area is 142 Å². The second kappa shape index (κ2) is 7.17. The molecular formula is C17H26N6O. The third-order valence-corrected chi connectivity index (χ3v) is 4.44. The van der Waals surface area contributed by atoms with Crippen LogP contribution in [0.25, 0.3) is 0 Å². The molecule has 3 heterocycles. The molecule has 0 unspecified atom stereocenters. The summed E-state index contributed by atoms with van der Waals surface area (Å²) in [7, 11) is 0. The summed E-state index contributed by atoms with van der Waals surface area (Å²) in [6.45, 7) is 8.34. The zero-order valence-electron chi connectivity index (χ0n) is 14.6. The average molecular weight is 330 g/mol. The number of amides is 1. The molecule has 0 aliphatic carbocycles. The maximum absolute atomic E-state index is 12.4. The Morgan fingerprint density at radius 1 is 1.50 bits per heavy atom. The van der Waals surface area contributed by atoms with Gasteiger partial charge in [-0.3, -0.25) is 14.8 Å². The van der Waals surface area contributed by atoms with Crippen molar-refractivity contribution in [1.82, 2.24) is 24.9 Å². The largest absolute Gasteiger partial charge is 0.310 e. The predicted molar refractivity (Wildman–Crippen MR) is 93.0 cm³/mol. The monoisotopic (exact) mass is 330 g/mol. The topological polar surface area (TPSA) is 78.8 Å². The normalized spacial score (nSPS) is 18.9. The molecule has 1 aliphatic heterocycles. The second-order valence-corrected chi connectivity index (χ2v) is 6.85. The van der Waals surface area contributed by atoms with Gasteiger partial charge in [0.25, 0.3) is 0 Å². The number of hydrogen-bond donors (Lipinski definition) is 2. The first kappa shape index (κ1) is 16.7. The quantitative estimate of drug-likeness (QED) is 0.882. The van der Waals surface area contributed by atoms with Crippen LogP contribution >= 0.6 is 0 Å². The van der Waals surface area contributed by atoms with E-state index in [9.17, 15) is 4.79 Å². The number of anilines is 1. The SMILES string of the molecule is Cc1cc([C@H]2CCCN(CC(=O)Nc3ccnn3C(C)C)C2)n[nH]1. The molecule has 0 radical (unpaired) electrons. The zero-order valence-corrected chi connectivity index (χ0v) is 14.6. The molecule has 2 aromatic heterocycles. The lowest BCUT2D eigenvalue weighted by Gasteiger charge is -2.31. The lowest BCUT2D eigenvalue weighted by atomic mass is 9.94. The fraction of sp³-hybridized carbons (Fsp3) is 0.588. The van der Waals surface area contributed by atoms with E-state index >= 15 is 0 Å². The van der Waals surface area contributed by atoms with Gasteiger partial charge < -0.3 is 5.32 Å². The van der Waals surface area contributed by atoms with Crippen LogP contribution in [-0.2, 0) is 4.79 Å². The van der Waals surface area contributed by atoms with E-state index in [2.05, 4.69) is 31.6 Å². The number of nitrogens with zero attached hydrogens (tertiary/aromatic N) is 4. The summed E-state index contributed by atoms with van der Waals surface area (Å²) in [5.74, 6) is 1.17. The van der Waals surface area contributed by atoms with Crippen LogP contribution < -0.4 is 5.32 Å². The summed E-state index contributed by atoms with van der Waals surface area (Å²) in [5.41, 5.74) is 2.19. The minimum atomic E-state index is 0.0104. The van der Waals surface area contributed by atoms with Crippen LogP contribution in [0.2, 0.25) is 0 Å². The number of aryl methyl sites for hydroxylation is 1. The Bertz CT molecular complexity index is 689. The first-order valence-corrected chi connectivity index (χ1v) is 8.60. The Morgan fingerprint density at radius 3 is 3.04 bits per heavy atom. The number of likely N-dealkylation sites (tertiary alicyclic amines) is 1. The number of piperidine rings is 1. The molecule has 2 N–H and O–H groups in total. The highest BCUT2D eigenvalue weighted by Crippen LogP contribution is 2.25. The third kappa shape index (κ3) is 3.84. The van der Waals surface area contributed by atoms with Gasteiger partial charge in [-0.2, -0.15) is 10.2 Å². The Kier molecular flexibility index (Phi) is 4.99. The van der Waals surface area contributed by atoms with Crippen molar-refractivity contribution in [3.05, 3.63) is 29.7 Å². The van der Waals surface area contributed by atoms with Crippen LogP contribution in [0.15, 0.2) is 18.3 Å². The molecule has 0 aromatic carbocycles. The molecule has 1 atom stereocenters. The zero-order chi connectivity index (χ0) is 17.1. The van der Waals surface area contributed by atoms with E-state index in [1.165, 1.54) is 0 Å². The molecule has 3 rings (SSSR count). The molecule has 2 aromatic rings. The lowest BCUT2D eigenvalue weighted by Crippen LogP contribution is -2.40. The van der Waals surface area contributed by atoms with E-state index in [1.54, 1.807) is 6.20 Å². The molecule has 0 saturated carbocycles. The van der Waals surface area contributed by atoms with Gasteiger partial charge >= 0.3 is 0 Å². The van der Waals surface area contributed by atoms with Gasteiger partial charge in [0.15, 0.2) is 0 Å².